The molecule has 2 N–H and O–H groups in total. The van der Waals surface area contributed by atoms with E-state index in [1.54, 1.807) is 19.2 Å². The molecule has 0 fully saturated rings. The summed E-state index contributed by atoms with van der Waals surface area (Å²) in [5.74, 6) is 0.220. The summed E-state index contributed by atoms with van der Waals surface area (Å²) in [6.07, 6.45) is 0.141. The molecule has 23 heavy (non-hydrogen) atoms. The van der Waals surface area contributed by atoms with Crippen LogP contribution in [0.4, 0.5) is 5.69 Å². The van der Waals surface area contributed by atoms with Crippen molar-refractivity contribution >= 4 is 17.5 Å². The van der Waals surface area contributed by atoms with E-state index >= 15 is 0 Å². The lowest BCUT2D eigenvalue weighted by Gasteiger charge is -2.18. The van der Waals surface area contributed by atoms with Crippen LogP contribution in [0.15, 0.2) is 54.6 Å². The molecule has 0 saturated carbocycles. The Labute approximate surface area is 135 Å². The topological polar surface area (TPSA) is 67.4 Å². The highest BCUT2D eigenvalue weighted by Crippen LogP contribution is 2.24. The number of rotatable bonds is 6. The molecule has 0 aromatic heterocycles. The number of nitrogens with one attached hydrogen (secondary N) is 2. The van der Waals surface area contributed by atoms with Crippen molar-refractivity contribution < 1.29 is 14.3 Å². The number of benzene rings is 2. The van der Waals surface area contributed by atoms with Gasteiger partial charge >= 0.3 is 0 Å². The molecule has 0 bridgehead atoms. The van der Waals surface area contributed by atoms with Crippen molar-refractivity contribution in [3.05, 3.63) is 60.2 Å². The second-order valence-corrected chi connectivity index (χ2v) is 5.12. The fourth-order valence-electron chi connectivity index (χ4n) is 2.32. The lowest BCUT2D eigenvalue weighted by Crippen LogP contribution is -2.29. The van der Waals surface area contributed by atoms with Crippen LogP contribution in [0.5, 0.6) is 5.75 Å². The first-order chi connectivity index (χ1) is 11.1. The minimum Gasteiger partial charge on any atom is -0.495 e. The molecule has 5 heteroatoms. The van der Waals surface area contributed by atoms with Crippen LogP contribution >= 0.6 is 0 Å². The number of amides is 2. The monoisotopic (exact) mass is 312 g/mol. The molecule has 0 radical (unpaired) electrons. The van der Waals surface area contributed by atoms with Crippen molar-refractivity contribution in [2.45, 2.75) is 19.4 Å². The number of carbonyl (C=O) groups excluding carboxylic acids is 2. The van der Waals surface area contributed by atoms with Crippen LogP contribution in [0, 0.1) is 0 Å². The van der Waals surface area contributed by atoms with Gasteiger partial charge in [0.1, 0.15) is 5.75 Å². The molecule has 0 aliphatic carbocycles. The van der Waals surface area contributed by atoms with Gasteiger partial charge in [-0.05, 0) is 17.7 Å². The quantitative estimate of drug-likeness (QED) is 0.862. The number of para-hydroxylation sites is 2. The van der Waals surface area contributed by atoms with Crippen molar-refractivity contribution in [1.29, 1.82) is 0 Å². The third-order valence-electron chi connectivity index (χ3n) is 3.35. The molecule has 1 unspecified atom stereocenters. The van der Waals surface area contributed by atoms with E-state index in [4.69, 9.17) is 4.74 Å². The van der Waals surface area contributed by atoms with Gasteiger partial charge in [0.2, 0.25) is 11.8 Å². The Balaban J connectivity index is 2.10. The predicted molar refractivity (Wildman–Crippen MR) is 89.2 cm³/mol. The maximum Gasteiger partial charge on any atom is 0.226 e. The SMILES string of the molecule is COc1ccccc1NC(=O)CC(NC(C)=O)c1ccccc1. The second-order valence-electron chi connectivity index (χ2n) is 5.12. The maximum absolute atomic E-state index is 12.3. The van der Waals surface area contributed by atoms with Crippen LogP contribution in [0.2, 0.25) is 0 Å². The number of carbonyl (C=O) groups is 2. The molecule has 0 spiro atoms. The van der Waals surface area contributed by atoms with E-state index in [2.05, 4.69) is 10.6 Å². The minimum atomic E-state index is -0.372. The Morgan fingerprint density at radius 1 is 1.04 bits per heavy atom. The molecule has 1 atom stereocenters. The zero-order valence-corrected chi connectivity index (χ0v) is 13.2. The summed E-state index contributed by atoms with van der Waals surface area (Å²) in [4.78, 5) is 23.7. The fourth-order valence-corrected chi connectivity index (χ4v) is 2.32. The summed E-state index contributed by atoms with van der Waals surface area (Å²) < 4.78 is 5.22. The third-order valence-corrected chi connectivity index (χ3v) is 3.35. The van der Waals surface area contributed by atoms with Gasteiger partial charge in [0.25, 0.3) is 0 Å². The van der Waals surface area contributed by atoms with Crippen LogP contribution < -0.4 is 15.4 Å². The van der Waals surface area contributed by atoms with E-state index in [1.807, 2.05) is 42.5 Å². The van der Waals surface area contributed by atoms with Crippen molar-refractivity contribution in [1.82, 2.24) is 5.32 Å². The summed E-state index contributed by atoms with van der Waals surface area (Å²) in [6, 6.07) is 16.2. The Morgan fingerprint density at radius 3 is 2.35 bits per heavy atom. The van der Waals surface area contributed by atoms with Crippen LogP contribution in [0.25, 0.3) is 0 Å². The molecule has 2 amide bonds. The van der Waals surface area contributed by atoms with Gasteiger partial charge in [-0.3, -0.25) is 9.59 Å². The molecule has 2 aromatic carbocycles. The highest BCUT2D eigenvalue weighted by atomic mass is 16.5. The molecule has 2 aromatic rings. The summed E-state index contributed by atoms with van der Waals surface area (Å²) in [7, 11) is 1.55. The fraction of sp³-hybridized carbons (Fsp3) is 0.222. The van der Waals surface area contributed by atoms with Crippen LogP contribution in [0.3, 0.4) is 0 Å². The first-order valence-electron chi connectivity index (χ1n) is 7.35. The van der Waals surface area contributed by atoms with Gasteiger partial charge in [-0.2, -0.15) is 0 Å². The van der Waals surface area contributed by atoms with E-state index in [0.29, 0.717) is 11.4 Å². The lowest BCUT2D eigenvalue weighted by atomic mass is 10.0. The largest absolute Gasteiger partial charge is 0.495 e. The molecular weight excluding hydrogens is 292 g/mol. The van der Waals surface area contributed by atoms with E-state index in [0.717, 1.165) is 5.56 Å². The summed E-state index contributed by atoms with van der Waals surface area (Å²) in [5.41, 5.74) is 1.49. The van der Waals surface area contributed by atoms with Gasteiger partial charge in [0.05, 0.1) is 25.3 Å². The normalized spacial score (nSPS) is 11.4. The van der Waals surface area contributed by atoms with Gasteiger partial charge in [0, 0.05) is 6.92 Å². The zero-order chi connectivity index (χ0) is 16.7. The first-order valence-corrected chi connectivity index (χ1v) is 7.35. The Morgan fingerprint density at radius 2 is 1.70 bits per heavy atom. The van der Waals surface area contributed by atoms with Crippen LogP contribution in [0.1, 0.15) is 24.9 Å². The smallest absolute Gasteiger partial charge is 0.226 e. The van der Waals surface area contributed by atoms with E-state index < -0.39 is 0 Å². The Hall–Kier alpha value is -2.82. The average Bonchev–Trinajstić information content (AvgIpc) is 2.55. The van der Waals surface area contributed by atoms with E-state index in [1.165, 1.54) is 6.92 Å². The van der Waals surface area contributed by atoms with Crippen molar-refractivity contribution in [3.63, 3.8) is 0 Å². The van der Waals surface area contributed by atoms with E-state index in [9.17, 15) is 9.59 Å². The maximum atomic E-state index is 12.3. The van der Waals surface area contributed by atoms with Crippen LogP contribution in [-0.4, -0.2) is 18.9 Å². The van der Waals surface area contributed by atoms with Crippen molar-refractivity contribution in [3.8, 4) is 5.75 Å². The summed E-state index contributed by atoms with van der Waals surface area (Å²) in [5, 5.41) is 5.63. The minimum absolute atomic E-state index is 0.141. The number of methoxy groups -OCH3 is 1. The first kappa shape index (κ1) is 16.5. The average molecular weight is 312 g/mol. The molecular formula is C18H20N2O3. The number of hydrogen-bond acceptors (Lipinski definition) is 3. The molecule has 0 aliphatic rings. The van der Waals surface area contributed by atoms with Crippen molar-refractivity contribution in [2.24, 2.45) is 0 Å². The van der Waals surface area contributed by atoms with Gasteiger partial charge in [-0.1, -0.05) is 42.5 Å². The lowest BCUT2D eigenvalue weighted by molar-refractivity contribution is -0.120. The second kappa shape index (κ2) is 7.98. The van der Waals surface area contributed by atoms with Gasteiger partial charge < -0.3 is 15.4 Å². The highest BCUT2D eigenvalue weighted by molar-refractivity contribution is 5.93. The van der Waals surface area contributed by atoms with Crippen LogP contribution in [-0.2, 0) is 9.59 Å². The highest BCUT2D eigenvalue weighted by Gasteiger charge is 2.17. The molecule has 5 nitrogen and oxygen atoms in total. The molecule has 0 heterocycles. The Bertz CT molecular complexity index is 671. The molecule has 0 aliphatic heterocycles. The molecule has 120 valence electrons. The summed E-state index contributed by atoms with van der Waals surface area (Å²) >= 11 is 0. The third kappa shape index (κ3) is 4.85. The van der Waals surface area contributed by atoms with Gasteiger partial charge in [0.15, 0.2) is 0 Å². The Kier molecular flexibility index (Phi) is 5.74. The molecule has 2 rings (SSSR count). The number of ether oxygens (including phenoxy) is 1. The predicted octanol–water partition coefficient (Wildman–Crippen LogP) is 2.90. The van der Waals surface area contributed by atoms with E-state index in [-0.39, 0.29) is 24.3 Å². The van der Waals surface area contributed by atoms with Crippen molar-refractivity contribution in [2.75, 3.05) is 12.4 Å². The molecule has 0 saturated heterocycles. The zero-order valence-electron chi connectivity index (χ0n) is 13.2. The number of hydrogen-bond donors (Lipinski definition) is 2. The van der Waals surface area contributed by atoms with Gasteiger partial charge in [-0.25, -0.2) is 0 Å². The number of anilines is 1. The van der Waals surface area contributed by atoms with Gasteiger partial charge in [-0.15, -0.1) is 0 Å². The standard InChI is InChI=1S/C18H20N2O3/c1-13(21)19-16(14-8-4-3-5-9-14)12-18(22)20-15-10-6-7-11-17(15)23-2/h3-11,16H,12H2,1-2H3,(H,19,21)(H,20,22). The summed E-state index contributed by atoms with van der Waals surface area (Å²) in [6.45, 7) is 1.44.